The van der Waals surface area contributed by atoms with Gasteiger partial charge < -0.3 is 10.4 Å². The Hall–Kier alpha value is -1.54. The minimum atomic E-state index is -4.45. The number of carboxylic acid groups (broad SMARTS) is 1. The molecule has 0 aliphatic carbocycles. The number of halogens is 4. The highest BCUT2D eigenvalue weighted by Gasteiger charge is 2.33. The maximum Gasteiger partial charge on any atom is 0.417 e. The Morgan fingerprint density at radius 1 is 1.33 bits per heavy atom. The Morgan fingerprint density at radius 3 is 2.67 bits per heavy atom. The predicted octanol–water partition coefficient (Wildman–Crippen LogP) is 4.84. The number of alkyl halides is 3. The van der Waals surface area contributed by atoms with Crippen LogP contribution in [0.5, 0.6) is 0 Å². The molecule has 2 rings (SSSR count). The van der Waals surface area contributed by atoms with Gasteiger partial charge in [-0.25, -0.2) is 4.79 Å². The second-order valence-electron chi connectivity index (χ2n) is 4.13. The van der Waals surface area contributed by atoms with E-state index in [2.05, 4.69) is 21.2 Å². The Morgan fingerprint density at radius 2 is 2.05 bits per heavy atom. The van der Waals surface area contributed by atoms with E-state index in [1.807, 2.05) is 0 Å². The molecule has 1 aromatic heterocycles. The average molecular weight is 380 g/mol. The van der Waals surface area contributed by atoms with E-state index in [9.17, 15) is 18.0 Å². The molecular formula is C13H9BrF3NO2S. The van der Waals surface area contributed by atoms with E-state index >= 15 is 0 Å². The largest absolute Gasteiger partial charge is 0.477 e. The highest BCUT2D eigenvalue weighted by Crippen LogP contribution is 2.36. The van der Waals surface area contributed by atoms with Gasteiger partial charge in [0.25, 0.3) is 0 Å². The van der Waals surface area contributed by atoms with E-state index in [1.54, 1.807) is 11.4 Å². The molecule has 0 radical (unpaired) electrons. The standard InChI is InChI=1S/C13H9BrF3NO2S/c14-10-2-1-8(5-9(10)13(15,16)17)18-6-7-3-4-21-11(7)12(19)20/h1-5,18H,6H2,(H,19,20). The maximum absolute atomic E-state index is 12.8. The molecule has 3 nitrogen and oxygen atoms in total. The number of hydrogen-bond donors (Lipinski definition) is 2. The van der Waals surface area contributed by atoms with Crippen LogP contribution < -0.4 is 5.32 Å². The molecule has 0 saturated heterocycles. The zero-order valence-electron chi connectivity index (χ0n) is 10.4. The minimum Gasteiger partial charge on any atom is -0.477 e. The number of rotatable bonds is 4. The van der Waals surface area contributed by atoms with Crippen LogP contribution in [0.15, 0.2) is 34.1 Å². The summed E-state index contributed by atoms with van der Waals surface area (Å²) in [7, 11) is 0. The summed E-state index contributed by atoms with van der Waals surface area (Å²) in [6, 6.07) is 5.41. The number of benzene rings is 1. The zero-order valence-corrected chi connectivity index (χ0v) is 12.8. The molecule has 0 unspecified atom stereocenters. The summed E-state index contributed by atoms with van der Waals surface area (Å²) in [5, 5.41) is 13.4. The van der Waals surface area contributed by atoms with Crippen molar-refractivity contribution >= 4 is 38.9 Å². The molecule has 1 heterocycles. The fourth-order valence-electron chi connectivity index (χ4n) is 1.71. The van der Waals surface area contributed by atoms with Gasteiger partial charge >= 0.3 is 12.1 Å². The van der Waals surface area contributed by atoms with Crippen molar-refractivity contribution in [3.05, 3.63) is 50.1 Å². The summed E-state index contributed by atoms with van der Waals surface area (Å²) in [6.45, 7) is 0.143. The Bertz CT molecular complexity index is 670. The van der Waals surface area contributed by atoms with E-state index in [0.29, 0.717) is 5.56 Å². The molecule has 0 aliphatic heterocycles. The lowest BCUT2D eigenvalue weighted by atomic mass is 10.2. The fraction of sp³-hybridized carbons (Fsp3) is 0.154. The molecule has 21 heavy (non-hydrogen) atoms. The number of carboxylic acids is 1. The molecule has 0 atom stereocenters. The number of anilines is 1. The van der Waals surface area contributed by atoms with Gasteiger partial charge in [-0.1, -0.05) is 15.9 Å². The summed E-state index contributed by atoms with van der Waals surface area (Å²) < 4.78 is 38.3. The molecule has 0 amide bonds. The quantitative estimate of drug-likeness (QED) is 0.798. The van der Waals surface area contributed by atoms with Crippen LogP contribution in [0.25, 0.3) is 0 Å². The van der Waals surface area contributed by atoms with Crippen LogP contribution in [0.3, 0.4) is 0 Å². The van der Waals surface area contributed by atoms with Crippen LogP contribution >= 0.6 is 27.3 Å². The van der Waals surface area contributed by atoms with E-state index in [0.717, 1.165) is 17.4 Å². The van der Waals surface area contributed by atoms with Crippen molar-refractivity contribution in [2.24, 2.45) is 0 Å². The van der Waals surface area contributed by atoms with Gasteiger partial charge in [0.15, 0.2) is 0 Å². The van der Waals surface area contributed by atoms with E-state index in [-0.39, 0.29) is 21.6 Å². The summed E-state index contributed by atoms with van der Waals surface area (Å²) in [6.07, 6.45) is -4.45. The van der Waals surface area contributed by atoms with Crippen LogP contribution in [-0.4, -0.2) is 11.1 Å². The van der Waals surface area contributed by atoms with Crippen LogP contribution in [-0.2, 0) is 12.7 Å². The monoisotopic (exact) mass is 379 g/mol. The van der Waals surface area contributed by atoms with Gasteiger partial charge in [0.1, 0.15) is 4.88 Å². The lowest BCUT2D eigenvalue weighted by Crippen LogP contribution is -2.08. The van der Waals surface area contributed by atoms with Gasteiger partial charge in [-0.15, -0.1) is 11.3 Å². The van der Waals surface area contributed by atoms with E-state index in [4.69, 9.17) is 5.11 Å². The average Bonchev–Trinajstić information content (AvgIpc) is 2.85. The first-order valence-corrected chi connectivity index (χ1v) is 7.36. The summed E-state index contributed by atoms with van der Waals surface area (Å²) in [5.41, 5.74) is 0.0216. The molecule has 2 aromatic rings. The van der Waals surface area contributed by atoms with Crippen LogP contribution in [0.1, 0.15) is 20.8 Å². The first-order valence-electron chi connectivity index (χ1n) is 5.69. The molecule has 2 N–H and O–H groups in total. The molecule has 0 aliphatic rings. The lowest BCUT2D eigenvalue weighted by molar-refractivity contribution is -0.138. The molecule has 0 saturated carbocycles. The van der Waals surface area contributed by atoms with Crippen molar-refractivity contribution in [2.45, 2.75) is 12.7 Å². The third-order valence-corrected chi connectivity index (χ3v) is 4.33. The van der Waals surface area contributed by atoms with Crippen LogP contribution in [0.4, 0.5) is 18.9 Å². The van der Waals surface area contributed by atoms with Crippen molar-refractivity contribution < 1.29 is 23.1 Å². The van der Waals surface area contributed by atoms with Crippen molar-refractivity contribution in [1.29, 1.82) is 0 Å². The number of nitrogens with one attached hydrogen (secondary N) is 1. The maximum atomic E-state index is 12.8. The number of carbonyl (C=O) groups is 1. The number of aromatic carboxylic acids is 1. The first kappa shape index (κ1) is 15.8. The highest BCUT2D eigenvalue weighted by molar-refractivity contribution is 9.10. The molecule has 0 spiro atoms. The van der Waals surface area contributed by atoms with Crippen molar-refractivity contribution in [3.8, 4) is 0 Å². The van der Waals surface area contributed by atoms with E-state index < -0.39 is 17.7 Å². The third-order valence-electron chi connectivity index (χ3n) is 2.70. The Balaban J connectivity index is 2.17. The molecule has 8 heteroatoms. The topological polar surface area (TPSA) is 49.3 Å². The molecular weight excluding hydrogens is 371 g/mol. The summed E-state index contributed by atoms with van der Waals surface area (Å²) in [5.74, 6) is -1.05. The molecule has 0 fully saturated rings. The first-order chi connectivity index (χ1) is 9.79. The van der Waals surface area contributed by atoms with E-state index in [1.165, 1.54) is 12.1 Å². The summed E-state index contributed by atoms with van der Waals surface area (Å²) in [4.78, 5) is 11.1. The Kier molecular flexibility index (Phi) is 4.58. The Labute approximate surface area is 130 Å². The minimum absolute atomic E-state index is 0.0395. The van der Waals surface area contributed by atoms with Gasteiger partial charge in [0.05, 0.1) is 5.56 Å². The number of hydrogen-bond acceptors (Lipinski definition) is 3. The van der Waals surface area contributed by atoms with Gasteiger partial charge in [0, 0.05) is 16.7 Å². The smallest absolute Gasteiger partial charge is 0.417 e. The van der Waals surface area contributed by atoms with Crippen molar-refractivity contribution in [3.63, 3.8) is 0 Å². The van der Waals surface area contributed by atoms with Gasteiger partial charge in [-0.05, 0) is 35.2 Å². The second kappa shape index (κ2) is 6.07. The zero-order chi connectivity index (χ0) is 15.6. The van der Waals surface area contributed by atoms with Crippen LogP contribution in [0.2, 0.25) is 0 Å². The van der Waals surface area contributed by atoms with Gasteiger partial charge in [0.2, 0.25) is 0 Å². The summed E-state index contributed by atoms with van der Waals surface area (Å²) >= 11 is 3.94. The molecule has 1 aromatic carbocycles. The SMILES string of the molecule is O=C(O)c1sccc1CNc1ccc(Br)c(C(F)(F)F)c1. The number of thiophene rings is 1. The van der Waals surface area contributed by atoms with Crippen molar-refractivity contribution in [2.75, 3.05) is 5.32 Å². The normalized spacial score (nSPS) is 11.4. The van der Waals surface area contributed by atoms with Crippen LogP contribution in [0, 0.1) is 0 Å². The van der Waals surface area contributed by atoms with Gasteiger partial charge in [-0.2, -0.15) is 13.2 Å². The highest BCUT2D eigenvalue weighted by atomic mass is 79.9. The molecule has 0 bridgehead atoms. The van der Waals surface area contributed by atoms with Crippen molar-refractivity contribution in [1.82, 2.24) is 0 Å². The predicted molar refractivity (Wildman–Crippen MR) is 77.7 cm³/mol. The third kappa shape index (κ3) is 3.76. The second-order valence-corrected chi connectivity index (χ2v) is 5.90. The molecule has 112 valence electrons. The fourth-order valence-corrected chi connectivity index (χ4v) is 2.94. The van der Waals surface area contributed by atoms with Gasteiger partial charge in [-0.3, -0.25) is 0 Å². The lowest BCUT2D eigenvalue weighted by Gasteiger charge is -2.12.